The van der Waals surface area contributed by atoms with E-state index in [-0.39, 0.29) is 12.0 Å². The van der Waals surface area contributed by atoms with Crippen LogP contribution in [-0.4, -0.2) is 64.4 Å². The summed E-state index contributed by atoms with van der Waals surface area (Å²) in [4.78, 5) is 28.3. The zero-order chi connectivity index (χ0) is 20.3. The molecule has 1 aliphatic rings. The quantitative estimate of drug-likeness (QED) is 0.785. The fraction of sp³-hybridized carbons (Fsp3) is 0.450. The van der Waals surface area contributed by atoms with Crippen LogP contribution in [0.5, 0.6) is 0 Å². The van der Waals surface area contributed by atoms with Gasteiger partial charge in [0.1, 0.15) is 0 Å². The first-order valence-electron chi connectivity index (χ1n) is 9.40. The number of aryl methyl sites for hydroxylation is 1. The Kier molecular flexibility index (Phi) is 6.24. The summed E-state index contributed by atoms with van der Waals surface area (Å²) >= 11 is 6.26. The van der Waals surface area contributed by atoms with Crippen molar-refractivity contribution in [3.05, 3.63) is 51.8 Å². The fourth-order valence-electron chi connectivity index (χ4n) is 3.41. The second-order valence-electron chi connectivity index (χ2n) is 6.77. The van der Waals surface area contributed by atoms with E-state index in [2.05, 4.69) is 5.10 Å². The highest BCUT2D eigenvalue weighted by molar-refractivity contribution is 6.31. The number of halogens is 1. The second-order valence-corrected chi connectivity index (χ2v) is 7.18. The van der Waals surface area contributed by atoms with Crippen molar-refractivity contribution in [3.63, 3.8) is 0 Å². The number of benzene rings is 1. The van der Waals surface area contributed by atoms with Crippen molar-refractivity contribution in [3.8, 4) is 0 Å². The molecule has 7 nitrogen and oxygen atoms in total. The minimum atomic E-state index is -0.325. The van der Waals surface area contributed by atoms with Crippen molar-refractivity contribution < 1.29 is 14.3 Å². The molecule has 28 heavy (non-hydrogen) atoms. The van der Waals surface area contributed by atoms with Crippen molar-refractivity contribution >= 4 is 23.6 Å². The van der Waals surface area contributed by atoms with Gasteiger partial charge in [0.2, 0.25) is 0 Å². The summed E-state index contributed by atoms with van der Waals surface area (Å²) in [5.74, 6) is -0.0519. The largest absolute Gasteiger partial charge is 0.450 e. The summed E-state index contributed by atoms with van der Waals surface area (Å²) in [5, 5.41) is 5.23. The van der Waals surface area contributed by atoms with Crippen LogP contribution in [0.25, 0.3) is 0 Å². The van der Waals surface area contributed by atoms with Crippen LogP contribution in [0.2, 0.25) is 5.02 Å². The third-order valence-electron chi connectivity index (χ3n) is 4.97. The zero-order valence-electron chi connectivity index (χ0n) is 16.4. The molecule has 2 amide bonds. The molecule has 1 aliphatic heterocycles. The first-order chi connectivity index (χ1) is 13.4. The number of aromatic nitrogens is 2. The Labute approximate surface area is 169 Å². The zero-order valence-corrected chi connectivity index (χ0v) is 17.2. The Bertz CT molecular complexity index is 872. The van der Waals surface area contributed by atoms with Crippen molar-refractivity contribution in [1.29, 1.82) is 0 Å². The van der Waals surface area contributed by atoms with Crippen LogP contribution >= 0.6 is 11.6 Å². The highest BCUT2D eigenvalue weighted by Crippen LogP contribution is 2.21. The maximum atomic E-state index is 13.1. The van der Waals surface area contributed by atoms with E-state index in [1.807, 2.05) is 42.8 Å². The van der Waals surface area contributed by atoms with Gasteiger partial charge in [-0.05, 0) is 32.4 Å². The lowest BCUT2D eigenvalue weighted by molar-refractivity contribution is 0.0569. The van der Waals surface area contributed by atoms with E-state index in [9.17, 15) is 9.59 Å². The van der Waals surface area contributed by atoms with Gasteiger partial charge in [-0.1, -0.05) is 29.8 Å². The molecule has 1 fully saturated rings. The van der Waals surface area contributed by atoms with Crippen molar-refractivity contribution in [2.24, 2.45) is 0 Å². The van der Waals surface area contributed by atoms with Crippen molar-refractivity contribution in [1.82, 2.24) is 19.6 Å². The van der Waals surface area contributed by atoms with Gasteiger partial charge in [0.25, 0.3) is 5.91 Å². The van der Waals surface area contributed by atoms with Gasteiger partial charge in [-0.15, -0.1) is 0 Å². The third-order valence-corrected chi connectivity index (χ3v) is 5.33. The van der Waals surface area contributed by atoms with Crippen LogP contribution in [0.4, 0.5) is 4.79 Å². The van der Waals surface area contributed by atoms with Gasteiger partial charge < -0.3 is 14.5 Å². The average Bonchev–Trinajstić information content (AvgIpc) is 2.96. The summed E-state index contributed by atoms with van der Waals surface area (Å²) in [6.07, 6.45) is -0.325. The Morgan fingerprint density at radius 2 is 1.75 bits per heavy atom. The van der Waals surface area contributed by atoms with Crippen LogP contribution in [0, 0.1) is 13.8 Å². The van der Waals surface area contributed by atoms with E-state index < -0.39 is 0 Å². The smallest absolute Gasteiger partial charge is 0.409 e. The highest BCUT2D eigenvalue weighted by atomic mass is 35.5. The molecule has 2 heterocycles. The molecular weight excluding hydrogens is 380 g/mol. The standard InChI is InChI=1S/C20H25ClN4O3/c1-4-28-20(27)24-11-9-23(10-12-24)19(26)18-14(2)22-25(15(18)3)13-16-7-5-6-8-17(16)21/h5-8H,4,9-13H2,1-3H3. The summed E-state index contributed by atoms with van der Waals surface area (Å²) < 4.78 is 6.85. The lowest BCUT2D eigenvalue weighted by Gasteiger charge is -2.34. The fourth-order valence-corrected chi connectivity index (χ4v) is 3.61. The SMILES string of the molecule is CCOC(=O)N1CCN(C(=O)c2c(C)nn(Cc3ccccc3Cl)c2C)CC1. The number of hydrogen-bond donors (Lipinski definition) is 0. The molecular formula is C20H25ClN4O3. The van der Waals surface area contributed by atoms with Crippen LogP contribution < -0.4 is 0 Å². The maximum absolute atomic E-state index is 13.1. The predicted molar refractivity (Wildman–Crippen MR) is 107 cm³/mol. The normalized spacial score (nSPS) is 14.3. The molecule has 150 valence electrons. The molecule has 8 heteroatoms. The second kappa shape index (κ2) is 8.65. The summed E-state index contributed by atoms with van der Waals surface area (Å²) in [7, 11) is 0. The van der Waals surface area contributed by atoms with Gasteiger partial charge in [-0.2, -0.15) is 5.10 Å². The van der Waals surface area contributed by atoms with E-state index in [1.54, 1.807) is 16.7 Å². The maximum Gasteiger partial charge on any atom is 0.409 e. The third kappa shape index (κ3) is 4.14. The van der Waals surface area contributed by atoms with Crippen LogP contribution in [-0.2, 0) is 11.3 Å². The van der Waals surface area contributed by atoms with Crippen molar-refractivity contribution in [2.75, 3.05) is 32.8 Å². The molecule has 1 saturated heterocycles. The molecule has 3 rings (SSSR count). The number of rotatable bonds is 4. The number of ether oxygens (including phenoxy) is 1. The first-order valence-corrected chi connectivity index (χ1v) is 9.78. The van der Waals surface area contributed by atoms with Gasteiger partial charge in [0, 0.05) is 36.9 Å². The molecule has 0 N–H and O–H groups in total. The lowest BCUT2D eigenvalue weighted by atomic mass is 10.1. The molecule has 0 aliphatic carbocycles. The Balaban J connectivity index is 1.72. The molecule has 0 radical (unpaired) electrons. The van der Waals surface area contributed by atoms with Gasteiger partial charge >= 0.3 is 6.09 Å². The number of piperazine rings is 1. The molecule has 0 spiro atoms. The minimum Gasteiger partial charge on any atom is -0.450 e. The van der Waals surface area contributed by atoms with Crippen LogP contribution in [0.3, 0.4) is 0 Å². The number of nitrogens with zero attached hydrogens (tertiary/aromatic N) is 4. The van der Waals surface area contributed by atoms with Gasteiger partial charge in [-0.25, -0.2) is 4.79 Å². The average molecular weight is 405 g/mol. The molecule has 0 bridgehead atoms. The number of carbonyl (C=O) groups is 2. The molecule has 0 unspecified atom stereocenters. The van der Waals surface area contributed by atoms with Gasteiger partial charge in [-0.3, -0.25) is 9.48 Å². The minimum absolute atomic E-state index is 0.0519. The molecule has 1 aromatic carbocycles. The number of amides is 2. The summed E-state index contributed by atoms with van der Waals surface area (Å²) in [6.45, 7) is 8.28. The monoisotopic (exact) mass is 404 g/mol. The molecule has 0 atom stereocenters. The highest BCUT2D eigenvalue weighted by Gasteiger charge is 2.28. The lowest BCUT2D eigenvalue weighted by Crippen LogP contribution is -2.50. The number of hydrogen-bond acceptors (Lipinski definition) is 4. The summed E-state index contributed by atoms with van der Waals surface area (Å²) in [5.41, 5.74) is 3.09. The van der Waals surface area contributed by atoms with E-state index in [1.165, 1.54) is 0 Å². The Morgan fingerprint density at radius 1 is 1.11 bits per heavy atom. The van der Waals surface area contributed by atoms with E-state index in [0.29, 0.717) is 55.6 Å². The summed E-state index contributed by atoms with van der Waals surface area (Å²) in [6, 6.07) is 7.62. The molecule has 1 aromatic heterocycles. The van der Waals surface area contributed by atoms with Gasteiger partial charge in [0.15, 0.2) is 0 Å². The van der Waals surface area contributed by atoms with E-state index in [4.69, 9.17) is 16.3 Å². The molecule has 2 aromatic rings. The molecule has 0 saturated carbocycles. The topological polar surface area (TPSA) is 67.7 Å². The van der Waals surface area contributed by atoms with Gasteiger partial charge in [0.05, 0.1) is 24.4 Å². The Morgan fingerprint density at radius 3 is 2.39 bits per heavy atom. The first kappa shape index (κ1) is 20.2. The van der Waals surface area contributed by atoms with E-state index in [0.717, 1.165) is 11.3 Å². The van der Waals surface area contributed by atoms with Crippen LogP contribution in [0.1, 0.15) is 34.2 Å². The van der Waals surface area contributed by atoms with Crippen LogP contribution in [0.15, 0.2) is 24.3 Å². The Hall–Kier alpha value is -2.54. The van der Waals surface area contributed by atoms with E-state index >= 15 is 0 Å². The van der Waals surface area contributed by atoms with Crippen molar-refractivity contribution in [2.45, 2.75) is 27.3 Å². The number of carbonyl (C=O) groups excluding carboxylic acids is 2. The predicted octanol–water partition coefficient (Wildman–Crippen LogP) is 3.12.